The van der Waals surface area contributed by atoms with E-state index in [2.05, 4.69) is 26.6 Å². The molecule has 1 aliphatic heterocycles. The predicted molar refractivity (Wildman–Crippen MR) is 113 cm³/mol. The number of pyridine rings is 1. The van der Waals surface area contributed by atoms with E-state index in [9.17, 15) is 13.2 Å². The second kappa shape index (κ2) is 9.18. The third kappa shape index (κ3) is 4.49. The highest BCUT2D eigenvalue weighted by molar-refractivity contribution is 5.90. The van der Waals surface area contributed by atoms with Gasteiger partial charge in [-0.05, 0) is 50.7 Å². The molecule has 0 saturated carbocycles. The van der Waals surface area contributed by atoms with Crippen LogP contribution in [0.5, 0.6) is 0 Å². The van der Waals surface area contributed by atoms with Crippen molar-refractivity contribution in [3.8, 4) is 0 Å². The van der Waals surface area contributed by atoms with Gasteiger partial charge < -0.3 is 10.1 Å². The van der Waals surface area contributed by atoms with Gasteiger partial charge in [-0.15, -0.1) is 5.10 Å². The van der Waals surface area contributed by atoms with Crippen LogP contribution in [0.25, 0.3) is 10.9 Å². The number of halogens is 3. The number of ether oxygens (including phenoxy) is 1. The number of nitrogens with one attached hydrogen (secondary N) is 1. The van der Waals surface area contributed by atoms with Crippen molar-refractivity contribution >= 4 is 16.7 Å². The van der Waals surface area contributed by atoms with Gasteiger partial charge in [0.25, 0.3) is 6.43 Å². The summed E-state index contributed by atoms with van der Waals surface area (Å²) in [5.41, 5.74) is 2.05. The van der Waals surface area contributed by atoms with Crippen LogP contribution in [0.2, 0.25) is 0 Å². The fraction of sp³-hybridized carbons (Fsp3) is 0.435. The van der Waals surface area contributed by atoms with Crippen molar-refractivity contribution in [2.45, 2.75) is 51.5 Å². The van der Waals surface area contributed by atoms with Gasteiger partial charge in [0.1, 0.15) is 5.82 Å². The molecule has 31 heavy (non-hydrogen) atoms. The van der Waals surface area contributed by atoms with Crippen LogP contribution in [-0.4, -0.2) is 28.4 Å². The Morgan fingerprint density at radius 3 is 2.74 bits per heavy atom. The number of rotatable bonds is 5. The first-order valence-corrected chi connectivity index (χ1v) is 10.5. The molecule has 1 aliphatic rings. The highest BCUT2D eigenvalue weighted by Crippen LogP contribution is 2.33. The lowest BCUT2D eigenvalue weighted by Gasteiger charge is -2.19. The number of hydrogen-bond donors (Lipinski definition) is 1. The van der Waals surface area contributed by atoms with Crippen LogP contribution in [0.1, 0.15) is 67.0 Å². The quantitative estimate of drug-likeness (QED) is 0.549. The minimum absolute atomic E-state index is 0.151. The molecule has 1 fully saturated rings. The number of fused-ring (bicyclic) bond motifs is 1. The fourth-order valence-electron chi connectivity index (χ4n) is 4.10. The average molecular weight is 430 g/mol. The van der Waals surface area contributed by atoms with Crippen molar-refractivity contribution in [3.63, 3.8) is 0 Å². The van der Waals surface area contributed by atoms with Crippen molar-refractivity contribution in [1.29, 1.82) is 0 Å². The summed E-state index contributed by atoms with van der Waals surface area (Å²) in [6, 6.07) is 5.50. The Bertz CT molecular complexity index is 1070. The van der Waals surface area contributed by atoms with Crippen molar-refractivity contribution < 1.29 is 17.9 Å². The van der Waals surface area contributed by atoms with E-state index in [-0.39, 0.29) is 5.56 Å². The van der Waals surface area contributed by atoms with Gasteiger partial charge in [-0.2, -0.15) is 5.10 Å². The molecule has 2 atom stereocenters. The van der Waals surface area contributed by atoms with E-state index < -0.39 is 23.8 Å². The molecule has 3 aromatic rings. The number of hydrogen-bond acceptors (Lipinski definition) is 5. The first kappa shape index (κ1) is 21.5. The minimum Gasteiger partial charge on any atom is -0.381 e. The lowest BCUT2D eigenvalue weighted by molar-refractivity contribution is 0.143. The summed E-state index contributed by atoms with van der Waals surface area (Å²) >= 11 is 0. The molecule has 5 nitrogen and oxygen atoms in total. The number of nitrogens with zero attached hydrogens (tertiary/aromatic N) is 3. The summed E-state index contributed by atoms with van der Waals surface area (Å²) in [5, 5.41) is 12.4. The lowest BCUT2D eigenvalue weighted by Crippen LogP contribution is -2.13. The zero-order chi connectivity index (χ0) is 22.0. The van der Waals surface area contributed by atoms with Crippen molar-refractivity contribution in [2.75, 3.05) is 18.5 Å². The van der Waals surface area contributed by atoms with Gasteiger partial charge in [0.15, 0.2) is 5.82 Å². The van der Waals surface area contributed by atoms with Crippen molar-refractivity contribution in [1.82, 2.24) is 15.2 Å². The van der Waals surface area contributed by atoms with Crippen LogP contribution >= 0.6 is 0 Å². The maximum Gasteiger partial charge on any atom is 0.266 e. The van der Waals surface area contributed by atoms with E-state index in [4.69, 9.17) is 4.74 Å². The van der Waals surface area contributed by atoms with Gasteiger partial charge in [-0.1, -0.05) is 18.2 Å². The molecule has 0 bridgehead atoms. The Morgan fingerprint density at radius 2 is 1.94 bits per heavy atom. The van der Waals surface area contributed by atoms with Crippen LogP contribution in [0.3, 0.4) is 0 Å². The Kier molecular flexibility index (Phi) is 6.36. The topological polar surface area (TPSA) is 59.9 Å². The number of aryl methyl sites for hydroxylation is 1. The summed E-state index contributed by atoms with van der Waals surface area (Å²) in [7, 11) is 0. The van der Waals surface area contributed by atoms with E-state index >= 15 is 0 Å². The monoisotopic (exact) mass is 430 g/mol. The standard InChI is InChI=1S/C23H25F3N4O/c1-13(17-6-3-7-18(20(17)24)22(25)26)28-23-19-11-16(15-5-4-9-31-10-8-15)12-27-21(19)14(2)29-30-23/h3,6-7,11-13,15,22H,4-5,8-10H2,1-2H3,(H,28,30)/t13-,15?/m1/s1. The van der Waals surface area contributed by atoms with Crippen molar-refractivity contribution in [3.05, 3.63) is 58.7 Å². The molecular weight excluding hydrogens is 405 g/mol. The highest BCUT2D eigenvalue weighted by atomic mass is 19.3. The fourth-order valence-corrected chi connectivity index (χ4v) is 4.10. The molecule has 1 unspecified atom stereocenters. The number of anilines is 1. The lowest BCUT2D eigenvalue weighted by atomic mass is 9.92. The Labute approximate surface area is 179 Å². The van der Waals surface area contributed by atoms with Gasteiger partial charge in [-0.25, -0.2) is 13.2 Å². The Hall–Kier alpha value is -2.74. The second-order valence-electron chi connectivity index (χ2n) is 7.96. The molecule has 1 N–H and O–H groups in total. The Balaban J connectivity index is 1.69. The summed E-state index contributed by atoms with van der Waals surface area (Å²) in [6.45, 7) is 5.04. The van der Waals surface area contributed by atoms with Crippen LogP contribution in [0, 0.1) is 12.7 Å². The third-order valence-corrected chi connectivity index (χ3v) is 5.84. The first-order valence-electron chi connectivity index (χ1n) is 10.5. The summed E-state index contributed by atoms with van der Waals surface area (Å²) in [4.78, 5) is 4.63. The molecule has 2 aromatic heterocycles. The average Bonchev–Trinajstić information content (AvgIpc) is 3.05. The van der Waals surface area contributed by atoms with E-state index in [1.807, 2.05) is 13.1 Å². The zero-order valence-corrected chi connectivity index (χ0v) is 17.5. The van der Waals surface area contributed by atoms with E-state index in [1.54, 1.807) is 6.92 Å². The van der Waals surface area contributed by atoms with Crippen LogP contribution in [-0.2, 0) is 4.74 Å². The molecule has 0 aliphatic carbocycles. The molecule has 0 radical (unpaired) electrons. The van der Waals surface area contributed by atoms with Gasteiger partial charge in [0.2, 0.25) is 0 Å². The number of alkyl halides is 2. The normalized spacial score (nSPS) is 18.2. The SMILES string of the molecule is Cc1nnc(N[C@H](C)c2cccc(C(F)F)c2F)c2cc(C3CCCOCC3)cnc12. The smallest absolute Gasteiger partial charge is 0.266 e. The van der Waals surface area contributed by atoms with Crippen LogP contribution in [0.4, 0.5) is 19.0 Å². The molecule has 0 amide bonds. The molecule has 8 heteroatoms. The maximum absolute atomic E-state index is 14.6. The number of benzene rings is 1. The van der Waals surface area contributed by atoms with Gasteiger partial charge in [-0.3, -0.25) is 4.98 Å². The molecule has 164 valence electrons. The first-order chi connectivity index (χ1) is 15.0. The van der Waals surface area contributed by atoms with Crippen LogP contribution < -0.4 is 5.32 Å². The van der Waals surface area contributed by atoms with Gasteiger partial charge in [0, 0.05) is 30.4 Å². The summed E-state index contributed by atoms with van der Waals surface area (Å²) < 4.78 is 46.4. The highest BCUT2D eigenvalue weighted by Gasteiger charge is 2.21. The van der Waals surface area contributed by atoms with Gasteiger partial charge in [0.05, 0.1) is 22.8 Å². The molecule has 3 heterocycles. The van der Waals surface area contributed by atoms with E-state index in [1.165, 1.54) is 12.1 Å². The Morgan fingerprint density at radius 1 is 1.13 bits per heavy atom. The number of aromatic nitrogens is 3. The maximum atomic E-state index is 14.6. The van der Waals surface area contributed by atoms with Gasteiger partial charge >= 0.3 is 0 Å². The molecule has 1 saturated heterocycles. The molecule has 1 aromatic carbocycles. The third-order valence-electron chi connectivity index (χ3n) is 5.84. The van der Waals surface area contributed by atoms with Crippen LogP contribution in [0.15, 0.2) is 30.5 Å². The van der Waals surface area contributed by atoms with E-state index in [0.717, 1.165) is 49.5 Å². The van der Waals surface area contributed by atoms with E-state index in [0.29, 0.717) is 22.9 Å². The van der Waals surface area contributed by atoms with Crippen molar-refractivity contribution in [2.24, 2.45) is 0 Å². The zero-order valence-electron chi connectivity index (χ0n) is 17.5. The summed E-state index contributed by atoms with van der Waals surface area (Å²) in [6.07, 6.45) is 1.96. The second-order valence-corrected chi connectivity index (χ2v) is 7.96. The predicted octanol–water partition coefficient (Wildman–Crippen LogP) is 5.87. The molecule has 4 rings (SSSR count). The summed E-state index contributed by atoms with van der Waals surface area (Å²) in [5.74, 6) is -0.105. The molecule has 0 spiro atoms. The minimum atomic E-state index is -2.87. The largest absolute Gasteiger partial charge is 0.381 e. The molecular formula is C23H25F3N4O.